The summed E-state index contributed by atoms with van der Waals surface area (Å²) in [6.07, 6.45) is 4.80. The van der Waals surface area contributed by atoms with E-state index >= 15 is 0 Å². The maximum atomic E-state index is 6.03. The Morgan fingerprint density at radius 1 is 1.29 bits per heavy atom. The SMILES string of the molecule is Cc1cccc2nc(CCCl)n(C3CCCC(C)C3C)c12. The van der Waals surface area contributed by atoms with E-state index in [1.807, 2.05) is 0 Å². The van der Waals surface area contributed by atoms with Gasteiger partial charge in [-0.1, -0.05) is 38.8 Å². The number of halogens is 1. The highest BCUT2D eigenvalue weighted by Gasteiger charge is 2.31. The molecule has 2 aromatic rings. The Kier molecular flexibility index (Phi) is 4.26. The number of fused-ring (bicyclic) bond motifs is 1. The molecule has 3 rings (SSSR count). The van der Waals surface area contributed by atoms with E-state index in [9.17, 15) is 0 Å². The molecule has 2 nitrogen and oxygen atoms in total. The van der Waals surface area contributed by atoms with Gasteiger partial charge in [0.05, 0.1) is 11.0 Å². The molecule has 0 bridgehead atoms. The van der Waals surface area contributed by atoms with Crippen LogP contribution in [0.2, 0.25) is 0 Å². The predicted octanol–water partition coefficient (Wildman–Crippen LogP) is 5.12. The minimum Gasteiger partial charge on any atom is -0.324 e. The van der Waals surface area contributed by atoms with Crippen LogP contribution >= 0.6 is 11.6 Å². The van der Waals surface area contributed by atoms with Crippen molar-refractivity contribution < 1.29 is 0 Å². The van der Waals surface area contributed by atoms with Gasteiger partial charge in [-0.2, -0.15) is 0 Å². The van der Waals surface area contributed by atoms with Gasteiger partial charge in [-0.15, -0.1) is 11.6 Å². The minimum absolute atomic E-state index is 0.568. The predicted molar refractivity (Wildman–Crippen MR) is 90.1 cm³/mol. The van der Waals surface area contributed by atoms with Crippen LogP contribution in [0.25, 0.3) is 11.0 Å². The number of rotatable bonds is 3. The van der Waals surface area contributed by atoms with Gasteiger partial charge in [0.1, 0.15) is 5.82 Å². The fourth-order valence-electron chi connectivity index (χ4n) is 3.91. The number of hydrogen-bond acceptors (Lipinski definition) is 1. The molecule has 1 aliphatic carbocycles. The second kappa shape index (κ2) is 6.00. The highest BCUT2D eigenvalue weighted by Crippen LogP contribution is 2.40. The molecule has 3 unspecified atom stereocenters. The Hall–Kier alpha value is -1.02. The van der Waals surface area contributed by atoms with E-state index in [0.717, 1.165) is 17.9 Å². The molecule has 3 heteroatoms. The molecule has 0 N–H and O–H groups in total. The van der Waals surface area contributed by atoms with E-state index < -0.39 is 0 Å². The zero-order valence-electron chi connectivity index (χ0n) is 13.3. The zero-order chi connectivity index (χ0) is 15.0. The molecular weight excluding hydrogens is 280 g/mol. The van der Waals surface area contributed by atoms with Crippen molar-refractivity contribution in [2.75, 3.05) is 5.88 Å². The van der Waals surface area contributed by atoms with Crippen molar-refractivity contribution in [2.45, 2.75) is 52.5 Å². The third kappa shape index (κ3) is 2.59. The van der Waals surface area contributed by atoms with E-state index in [4.69, 9.17) is 16.6 Å². The number of nitrogens with zero attached hydrogens (tertiary/aromatic N) is 2. The number of alkyl halides is 1. The summed E-state index contributed by atoms with van der Waals surface area (Å²) < 4.78 is 2.52. The van der Waals surface area contributed by atoms with E-state index in [-0.39, 0.29) is 0 Å². The molecule has 1 fully saturated rings. The topological polar surface area (TPSA) is 17.8 Å². The normalized spacial score (nSPS) is 26.4. The largest absolute Gasteiger partial charge is 0.324 e. The lowest BCUT2D eigenvalue weighted by Gasteiger charge is -2.36. The summed E-state index contributed by atoms with van der Waals surface area (Å²) in [6.45, 7) is 7.00. The molecule has 1 saturated carbocycles. The molecule has 1 aromatic carbocycles. The summed E-state index contributed by atoms with van der Waals surface area (Å²) in [7, 11) is 0. The van der Waals surface area contributed by atoms with Crippen LogP contribution in [0.5, 0.6) is 0 Å². The summed E-state index contributed by atoms with van der Waals surface area (Å²) in [5.41, 5.74) is 3.77. The molecule has 21 heavy (non-hydrogen) atoms. The molecule has 1 aromatic heterocycles. The van der Waals surface area contributed by atoms with Crippen LogP contribution in [0.3, 0.4) is 0 Å². The Balaban J connectivity index is 2.16. The maximum Gasteiger partial charge on any atom is 0.111 e. The maximum absolute atomic E-state index is 6.03. The molecule has 1 aliphatic rings. The van der Waals surface area contributed by atoms with Crippen molar-refractivity contribution >= 4 is 22.6 Å². The molecule has 0 saturated heterocycles. The van der Waals surface area contributed by atoms with E-state index in [1.165, 1.54) is 36.2 Å². The number of imidazole rings is 1. The van der Waals surface area contributed by atoms with Gasteiger partial charge in [-0.05, 0) is 36.8 Å². The number of aromatic nitrogens is 2. The lowest BCUT2D eigenvalue weighted by molar-refractivity contribution is 0.187. The second-order valence-corrected chi connectivity index (χ2v) is 6.99. The summed E-state index contributed by atoms with van der Waals surface area (Å²) >= 11 is 6.03. The number of benzene rings is 1. The third-order valence-corrected chi connectivity index (χ3v) is 5.49. The minimum atomic E-state index is 0.568. The van der Waals surface area contributed by atoms with Crippen molar-refractivity contribution in [3.63, 3.8) is 0 Å². The highest BCUT2D eigenvalue weighted by molar-refractivity contribution is 6.17. The zero-order valence-corrected chi connectivity index (χ0v) is 14.0. The van der Waals surface area contributed by atoms with Crippen molar-refractivity contribution in [3.05, 3.63) is 29.6 Å². The first-order chi connectivity index (χ1) is 10.1. The first-order valence-corrected chi connectivity index (χ1v) is 8.69. The first kappa shape index (κ1) is 14.9. The van der Waals surface area contributed by atoms with Crippen molar-refractivity contribution in [1.82, 2.24) is 9.55 Å². The number of hydrogen-bond donors (Lipinski definition) is 0. The van der Waals surface area contributed by atoms with Gasteiger partial charge >= 0.3 is 0 Å². The molecule has 1 heterocycles. The van der Waals surface area contributed by atoms with Gasteiger partial charge in [-0.3, -0.25) is 0 Å². The van der Waals surface area contributed by atoms with E-state index in [1.54, 1.807) is 0 Å². The van der Waals surface area contributed by atoms with Gasteiger partial charge < -0.3 is 4.57 Å². The molecule has 0 amide bonds. The van der Waals surface area contributed by atoms with Crippen LogP contribution in [0, 0.1) is 18.8 Å². The van der Waals surface area contributed by atoms with Crippen LogP contribution in [0.4, 0.5) is 0 Å². The Labute approximate surface area is 132 Å². The van der Waals surface area contributed by atoms with Crippen molar-refractivity contribution in [1.29, 1.82) is 0 Å². The monoisotopic (exact) mass is 304 g/mol. The van der Waals surface area contributed by atoms with Gasteiger partial charge in [0, 0.05) is 18.3 Å². The van der Waals surface area contributed by atoms with E-state index in [2.05, 4.69) is 43.5 Å². The molecule has 3 atom stereocenters. The average molecular weight is 305 g/mol. The number of para-hydroxylation sites is 1. The van der Waals surface area contributed by atoms with Crippen LogP contribution in [-0.2, 0) is 6.42 Å². The Morgan fingerprint density at radius 2 is 2.10 bits per heavy atom. The molecule has 114 valence electrons. The summed E-state index contributed by atoms with van der Waals surface area (Å²) in [5.74, 6) is 3.29. The first-order valence-electron chi connectivity index (χ1n) is 8.16. The summed E-state index contributed by atoms with van der Waals surface area (Å²) in [6, 6.07) is 7.00. The van der Waals surface area contributed by atoms with Crippen LogP contribution < -0.4 is 0 Å². The highest BCUT2D eigenvalue weighted by atomic mass is 35.5. The average Bonchev–Trinajstić information content (AvgIpc) is 2.82. The molecule has 0 aliphatic heterocycles. The van der Waals surface area contributed by atoms with Gasteiger partial charge in [-0.25, -0.2) is 4.98 Å². The quantitative estimate of drug-likeness (QED) is 0.719. The van der Waals surface area contributed by atoms with Crippen LogP contribution in [0.15, 0.2) is 18.2 Å². The molecular formula is C18H25ClN2. The Morgan fingerprint density at radius 3 is 2.86 bits per heavy atom. The number of aryl methyl sites for hydroxylation is 2. The molecule has 0 spiro atoms. The van der Waals surface area contributed by atoms with Crippen molar-refractivity contribution in [2.24, 2.45) is 11.8 Å². The summed E-state index contributed by atoms with van der Waals surface area (Å²) in [5, 5.41) is 0. The second-order valence-electron chi connectivity index (χ2n) is 6.61. The van der Waals surface area contributed by atoms with Crippen molar-refractivity contribution in [3.8, 4) is 0 Å². The fraction of sp³-hybridized carbons (Fsp3) is 0.611. The van der Waals surface area contributed by atoms with Crippen LogP contribution in [0.1, 0.15) is 50.5 Å². The lowest BCUT2D eigenvalue weighted by atomic mass is 9.77. The third-order valence-electron chi connectivity index (χ3n) is 5.30. The molecule has 0 radical (unpaired) electrons. The lowest BCUT2D eigenvalue weighted by Crippen LogP contribution is -2.28. The van der Waals surface area contributed by atoms with Gasteiger partial charge in [0.2, 0.25) is 0 Å². The standard InChI is InChI=1S/C18H25ClN2/c1-12-6-5-9-16(14(12)3)21-17(10-11-19)20-15-8-4-7-13(2)18(15)21/h4,7-8,12,14,16H,5-6,9-11H2,1-3H3. The van der Waals surface area contributed by atoms with E-state index in [0.29, 0.717) is 17.8 Å². The van der Waals surface area contributed by atoms with Crippen LogP contribution in [-0.4, -0.2) is 15.4 Å². The smallest absolute Gasteiger partial charge is 0.111 e. The van der Waals surface area contributed by atoms with Gasteiger partial charge in [0.15, 0.2) is 0 Å². The fourth-order valence-corrected chi connectivity index (χ4v) is 4.07. The Bertz CT molecular complexity index is 631. The summed E-state index contributed by atoms with van der Waals surface area (Å²) in [4.78, 5) is 4.88. The van der Waals surface area contributed by atoms with Gasteiger partial charge in [0.25, 0.3) is 0 Å².